The number of halogens is 2. The average Bonchev–Trinajstić information content (AvgIpc) is 2.38. The highest BCUT2D eigenvalue weighted by Crippen LogP contribution is 2.20. The number of hydrogen-bond donors (Lipinski definition) is 2. The monoisotopic (exact) mass is 256 g/mol. The Balaban J connectivity index is 2.69. The molecule has 4 nitrogen and oxygen atoms in total. The minimum atomic E-state index is -3.15. The van der Waals surface area contributed by atoms with Crippen LogP contribution in [0.2, 0.25) is 0 Å². The molecule has 6 heteroatoms. The van der Waals surface area contributed by atoms with Crippen molar-refractivity contribution in [3.05, 3.63) is 29.3 Å². The van der Waals surface area contributed by atoms with E-state index in [1.165, 1.54) is 7.11 Å². The van der Waals surface area contributed by atoms with Crippen molar-refractivity contribution in [3.8, 4) is 11.8 Å². The van der Waals surface area contributed by atoms with Crippen LogP contribution >= 0.6 is 0 Å². The molecule has 0 atom stereocenters. The quantitative estimate of drug-likeness (QED) is 0.804. The van der Waals surface area contributed by atoms with Gasteiger partial charge in [-0.15, -0.1) is 0 Å². The van der Waals surface area contributed by atoms with Gasteiger partial charge in [0.05, 0.1) is 25.3 Å². The number of ether oxygens (including phenoxy) is 1. The summed E-state index contributed by atoms with van der Waals surface area (Å²) in [6.45, 7) is -1.70. The molecule has 0 amide bonds. The maximum atomic E-state index is 12.8. The molecule has 0 aliphatic heterocycles. The molecule has 0 aliphatic rings. The topological polar surface area (TPSA) is 65.3 Å². The number of nitriles is 1. The largest absolute Gasteiger partial charge is 0.496 e. The molecule has 2 N–H and O–H groups in total. The molecule has 0 aromatic heterocycles. The van der Waals surface area contributed by atoms with E-state index < -0.39 is 19.1 Å². The Bertz CT molecular complexity index is 444. The van der Waals surface area contributed by atoms with Crippen LogP contribution in [0.25, 0.3) is 0 Å². The SMILES string of the molecule is COc1ccc(C#N)cc1CNCC(F)(F)CO. The van der Waals surface area contributed by atoms with Gasteiger partial charge >= 0.3 is 0 Å². The third-order valence-electron chi connectivity index (χ3n) is 2.34. The summed E-state index contributed by atoms with van der Waals surface area (Å²) in [5.41, 5.74) is 1.05. The minimum absolute atomic E-state index is 0.133. The molecule has 18 heavy (non-hydrogen) atoms. The predicted molar refractivity (Wildman–Crippen MR) is 61.4 cm³/mol. The van der Waals surface area contributed by atoms with Crippen molar-refractivity contribution in [1.29, 1.82) is 5.26 Å². The molecule has 0 fully saturated rings. The Hall–Kier alpha value is -1.71. The number of nitrogens with one attached hydrogen (secondary N) is 1. The Kier molecular flexibility index (Phi) is 5.01. The maximum Gasteiger partial charge on any atom is 0.282 e. The summed E-state index contributed by atoms with van der Waals surface area (Å²) < 4.78 is 30.6. The third kappa shape index (κ3) is 3.95. The predicted octanol–water partition coefficient (Wildman–Crippen LogP) is 1.28. The van der Waals surface area contributed by atoms with Crippen LogP contribution in [-0.4, -0.2) is 31.3 Å². The van der Waals surface area contributed by atoms with Crippen LogP contribution in [0.3, 0.4) is 0 Å². The number of nitrogens with zero attached hydrogens (tertiary/aromatic N) is 1. The van der Waals surface area contributed by atoms with E-state index in [9.17, 15) is 8.78 Å². The van der Waals surface area contributed by atoms with Gasteiger partial charge in [-0.05, 0) is 18.2 Å². The summed E-state index contributed by atoms with van der Waals surface area (Å²) in [5.74, 6) is -2.63. The van der Waals surface area contributed by atoms with E-state index >= 15 is 0 Å². The lowest BCUT2D eigenvalue weighted by molar-refractivity contribution is -0.0477. The molecule has 0 heterocycles. The molecule has 0 spiro atoms. The molecular formula is C12H14F2N2O2. The van der Waals surface area contributed by atoms with Gasteiger partial charge in [0.15, 0.2) is 0 Å². The van der Waals surface area contributed by atoms with Crippen LogP contribution in [0.15, 0.2) is 18.2 Å². The van der Waals surface area contributed by atoms with Crippen LogP contribution in [0.4, 0.5) is 8.78 Å². The molecular weight excluding hydrogens is 242 g/mol. The number of hydrogen-bond acceptors (Lipinski definition) is 4. The van der Waals surface area contributed by atoms with E-state index in [1.807, 2.05) is 6.07 Å². The molecule has 1 rings (SSSR count). The van der Waals surface area contributed by atoms with E-state index in [0.29, 0.717) is 16.9 Å². The summed E-state index contributed by atoms with van der Waals surface area (Å²) in [7, 11) is 1.47. The lowest BCUT2D eigenvalue weighted by Crippen LogP contribution is -2.35. The van der Waals surface area contributed by atoms with Gasteiger partial charge in [-0.3, -0.25) is 0 Å². The van der Waals surface area contributed by atoms with Crippen molar-refractivity contribution in [3.63, 3.8) is 0 Å². The second kappa shape index (κ2) is 6.28. The van der Waals surface area contributed by atoms with Crippen molar-refractivity contribution in [2.45, 2.75) is 12.5 Å². The highest BCUT2D eigenvalue weighted by molar-refractivity contribution is 5.41. The standard InChI is InChI=1S/C12H14F2N2O2/c1-18-11-3-2-9(5-15)4-10(11)6-16-7-12(13,14)8-17/h2-4,16-17H,6-8H2,1H3. The van der Waals surface area contributed by atoms with Gasteiger partial charge in [0.25, 0.3) is 5.92 Å². The van der Waals surface area contributed by atoms with Crippen molar-refractivity contribution in [2.24, 2.45) is 0 Å². The Morgan fingerprint density at radius 1 is 1.50 bits per heavy atom. The first kappa shape index (κ1) is 14.4. The second-order valence-corrected chi connectivity index (χ2v) is 3.76. The van der Waals surface area contributed by atoms with Crippen LogP contribution in [-0.2, 0) is 6.54 Å². The zero-order chi connectivity index (χ0) is 13.6. The molecule has 1 aromatic carbocycles. The van der Waals surface area contributed by atoms with Crippen molar-refractivity contribution in [1.82, 2.24) is 5.32 Å². The van der Waals surface area contributed by atoms with Crippen molar-refractivity contribution in [2.75, 3.05) is 20.3 Å². The molecule has 0 unspecified atom stereocenters. The summed E-state index contributed by atoms with van der Waals surface area (Å²) >= 11 is 0. The molecule has 0 radical (unpaired) electrons. The normalized spacial score (nSPS) is 11.1. The number of aliphatic hydroxyl groups is 1. The third-order valence-corrected chi connectivity index (χ3v) is 2.34. The molecule has 0 saturated heterocycles. The van der Waals surface area contributed by atoms with E-state index in [4.69, 9.17) is 15.1 Å². The zero-order valence-electron chi connectivity index (χ0n) is 9.91. The van der Waals surface area contributed by atoms with Crippen LogP contribution < -0.4 is 10.1 Å². The Morgan fingerprint density at radius 2 is 2.22 bits per heavy atom. The van der Waals surface area contributed by atoms with Gasteiger partial charge in [-0.25, -0.2) is 8.78 Å². The lowest BCUT2D eigenvalue weighted by atomic mass is 10.1. The van der Waals surface area contributed by atoms with Crippen molar-refractivity contribution >= 4 is 0 Å². The highest BCUT2D eigenvalue weighted by Gasteiger charge is 2.26. The first-order valence-electron chi connectivity index (χ1n) is 5.29. The van der Waals surface area contributed by atoms with E-state index in [1.54, 1.807) is 18.2 Å². The fraction of sp³-hybridized carbons (Fsp3) is 0.417. The van der Waals surface area contributed by atoms with Gasteiger partial charge in [0.2, 0.25) is 0 Å². The van der Waals surface area contributed by atoms with Crippen LogP contribution in [0, 0.1) is 11.3 Å². The number of aliphatic hydroxyl groups excluding tert-OH is 1. The number of alkyl halides is 2. The maximum absolute atomic E-state index is 12.8. The fourth-order valence-corrected chi connectivity index (χ4v) is 1.42. The molecule has 0 aliphatic carbocycles. The Morgan fingerprint density at radius 3 is 2.78 bits per heavy atom. The smallest absolute Gasteiger partial charge is 0.282 e. The molecule has 98 valence electrons. The summed E-state index contributed by atoms with van der Waals surface area (Å²) in [4.78, 5) is 0. The molecule has 0 saturated carbocycles. The Labute approximate surface area is 104 Å². The zero-order valence-corrected chi connectivity index (χ0v) is 9.91. The van der Waals surface area contributed by atoms with Gasteiger partial charge < -0.3 is 15.2 Å². The van der Waals surface area contributed by atoms with Gasteiger partial charge in [0, 0.05) is 12.1 Å². The number of methoxy groups -OCH3 is 1. The fourth-order valence-electron chi connectivity index (χ4n) is 1.42. The average molecular weight is 256 g/mol. The number of benzene rings is 1. The lowest BCUT2D eigenvalue weighted by Gasteiger charge is -2.15. The van der Waals surface area contributed by atoms with Crippen LogP contribution in [0.5, 0.6) is 5.75 Å². The summed E-state index contributed by atoms with van der Waals surface area (Å²) in [6.07, 6.45) is 0. The highest BCUT2D eigenvalue weighted by atomic mass is 19.3. The van der Waals surface area contributed by atoms with E-state index in [-0.39, 0.29) is 6.54 Å². The minimum Gasteiger partial charge on any atom is -0.496 e. The van der Waals surface area contributed by atoms with Crippen LogP contribution in [0.1, 0.15) is 11.1 Å². The van der Waals surface area contributed by atoms with Gasteiger partial charge in [-0.2, -0.15) is 5.26 Å². The number of rotatable bonds is 6. The summed E-state index contributed by atoms with van der Waals surface area (Å²) in [5, 5.41) is 19.7. The van der Waals surface area contributed by atoms with E-state index in [2.05, 4.69) is 5.32 Å². The first-order chi connectivity index (χ1) is 8.52. The van der Waals surface area contributed by atoms with E-state index in [0.717, 1.165) is 0 Å². The van der Waals surface area contributed by atoms with Crippen molar-refractivity contribution < 1.29 is 18.6 Å². The summed E-state index contributed by atoms with van der Waals surface area (Å²) in [6, 6.07) is 6.74. The van der Waals surface area contributed by atoms with Gasteiger partial charge in [0.1, 0.15) is 12.4 Å². The second-order valence-electron chi connectivity index (χ2n) is 3.76. The molecule has 1 aromatic rings. The van der Waals surface area contributed by atoms with Gasteiger partial charge in [-0.1, -0.05) is 0 Å². The first-order valence-corrected chi connectivity index (χ1v) is 5.29. The molecule has 0 bridgehead atoms.